The van der Waals surface area contributed by atoms with E-state index in [0.29, 0.717) is 12.3 Å². The van der Waals surface area contributed by atoms with Crippen molar-refractivity contribution in [3.63, 3.8) is 0 Å². The van der Waals surface area contributed by atoms with E-state index in [2.05, 4.69) is 101 Å². The first-order valence-electron chi connectivity index (χ1n) is 12.1. The molecule has 0 aliphatic carbocycles. The number of carbonyl (C=O) groups is 1. The number of amides is 1. The van der Waals surface area contributed by atoms with E-state index in [1.54, 1.807) is 0 Å². The topological polar surface area (TPSA) is 35.6 Å². The second kappa shape index (κ2) is 11.2. The Balaban J connectivity index is 1.27. The molecular formula is C29H35N3O. The van der Waals surface area contributed by atoms with E-state index in [1.807, 2.05) is 6.92 Å². The molecule has 0 aromatic heterocycles. The summed E-state index contributed by atoms with van der Waals surface area (Å²) >= 11 is 0. The number of para-hydroxylation sites is 2. The second-order valence-electron chi connectivity index (χ2n) is 9.18. The molecule has 33 heavy (non-hydrogen) atoms. The van der Waals surface area contributed by atoms with Gasteiger partial charge in [0, 0.05) is 36.6 Å². The van der Waals surface area contributed by atoms with Crippen LogP contribution in [0.15, 0.2) is 78.9 Å². The van der Waals surface area contributed by atoms with Gasteiger partial charge in [0.2, 0.25) is 5.91 Å². The van der Waals surface area contributed by atoms with E-state index in [4.69, 9.17) is 0 Å². The highest BCUT2D eigenvalue weighted by molar-refractivity contribution is 5.91. The Morgan fingerprint density at radius 3 is 2.12 bits per heavy atom. The Labute approximate surface area is 198 Å². The van der Waals surface area contributed by atoms with Crippen LogP contribution in [0.2, 0.25) is 0 Å². The Morgan fingerprint density at radius 2 is 1.52 bits per heavy atom. The number of hydrogen-bond donors (Lipinski definition) is 1. The highest BCUT2D eigenvalue weighted by atomic mass is 16.1. The molecule has 4 rings (SSSR count). The van der Waals surface area contributed by atoms with Crippen molar-refractivity contribution in [2.75, 3.05) is 36.4 Å². The lowest BCUT2D eigenvalue weighted by Gasteiger charge is -2.34. The van der Waals surface area contributed by atoms with Crippen molar-refractivity contribution in [1.82, 2.24) is 4.90 Å². The van der Waals surface area contributed by atoms with Crippen LogP contribution in [0, 0.1) is 19.8 Å². The highest BCUT2D eigenvalue weighted by Crippen LogP contribution is 2.26. The minimum absolute atomic E-state index is 0.140. The summed E-state index contributed by atoms with van der Waals surface area (Å²) in [5.41, 5.74) is 5.68. The number of piperidine rings is 1. The van der Waals surface area contributed by atoms with Crippen molar-refractivity contribution >= 4 is 23.0 Å². The Hall–Kier alpha value is -3.11. The predicted molar refractivity (Wildman–Crippen MR) is 138 cm³/mol. The number of nitrogens with zero attached hydrogens (tertiary/aromatic N) is 2. The van der Waals surface area contributed by atoms with Gasteiger partial charge < -0.3 is 15.1 Å². The molecule has 0 saturated carbocycles. The van der Waals surface area contributed by atoms with Crippen LogP contribution in [-0.2, 0) is 4.79 Å². The fourth-order valence-corrected chi connectivity index (χ4v) is 4.61. The van der Waals surface area contributed by atoms with Crippen LogP contribution in [0.5, 0.6) is 0 Å². The summed E-state index contributed by atoms with van der Waals surface area (Å²) < 4.78 is 0. The number of anilines is 3. The highest BCUT2D eigenvalue weighted by Gasteiger charge is 2.22. The number of hydrogen-bond acceptors (Lipinski definition) is 3. The Morgan fingerprint density at radius 1 is 0.909 bits per heavy atom. The SMILES string of the molecule is Cc1ccc(C)c(NC(=O)CC2CCN(CCN(c3ccccc3)c3ccccc3)CC2)c1. The van der Waals surface area contributed by atoms with Gasteiger partial charge in [0.1, 0.15) is 0 Å². The summed E-state index contributed by atoms with van der Waals surface area (Å²) in [5, 5.41) is 3.13. The number of carbonyl (C=O) groups excluding carboxylic acids is 1. The molecule has 1 fully saturated rings. The molecular weight excluding hydrogens is 406 g/mol. The van der Waals surface area contributed by atoms with Gasteiger partial charge in [-0.1, -0.05) is 48.5 Å². The molecule has 0 unspecified atom stereocenters. The summed E-state index contributed by atoms with van der Waals surface area (Å²) in [4.78, 5) is 17.6. The molecule has 0 radical (unpaired) electrons. The largest absolute Gasteiger partial charge is 0.340 e. The summed E-state index contributed by atoms with van der Waals surface area (Å²) in [5.74, 6) is 0.604. The lowest BCUT2D eigenvalue weighted by atomic mass is 9.93. The third-order valence-electron chi connectivity index (χ3n) is 6.62. The van der Waals surface area contributed by atoms with Gasteiger partial charge in [0.15, 0.2) is 0 Å². The third kappa shape index (κ3) is 6.45. The first kappa shape index (κ1) is 23.1. The van der Waals surface area contributed by atoms with Crippen molar-refractivity contribution in [2.45, 2.75) is 33.1 Å². The first-order chi connectivity index (χ1) is 16.1. The van der Waals surface area contributed by atoms with E-state index >= 15 is 0 Å². The van der Waals surface area contributed by atoms with Gasteiger partial charge in [-0.2, -0.15) is 0 Å². The van der Waals surface area contributed by atoms with Gasteiger partial charge in [-0.15, -0.1) is 0 Å². The van der Waals surface area contributed by atoms with Crippen molar-refractivity contribution in [2.24, 2.45) is 5.92 Å². The van der Waals surface area contributed by atoms with Crippen LogP contribution in [0.1, 0.15) is 30.4 Å². The van der Waals surface area contributed by atoms with E-state index in [1.165, 1.54) is 16.9 Å². The standard InChI is InChI=1S/C29H35N3O/c1-23-13-14-24(2)28(21-23)30-29(33)22-25-15-17-31(18-16-25)19-20-32(26-9-5-3-6-10-26)27-11-7-4-8-12-27/h3-14,21,25H,15-20,22H2,1-2H3,(H,30,33). The number of benzene rings is 3. The molecule has 4 heteroatoms. The minimum Gasteiger partial charge on any atom is -0.340 e. The van der Waals surface area contributed by atoms with Crippen LogP contribution in [-0.4, -0.2) is 37.0 Å². The average Bonchev–Trinajstić information content (AvgIpc) is 2.84. The van der Waals surface area contributed by atoms with Crippen molar-refractivity contribution < 1.29 is 4.79 Å². The summed E-state index contributed by atoms with van der Waals surface area (Å²) in [6, 6.07) is 27.4. The lowest BCUT2D eigenvalue weighted by Crippen LogP contribution is -2.39. The Kier molecular flexibility index (Phi) is 7.79. The summed E-state index contributed by atoms with van der Waals surface area (Å²) in [6.45, 7) is 8.18. The average molecular weight is 442 g/mol. The monoisotopic (exact) mass is 441 g/mol. The maximum atomic E-state index is 12.6. The molecule has 0 bridgehead atoms. The van der Waals surface area contributed by atoms with Gasteiger partial charge in [0.05, 0.1) is 0 Å². The zero-order valence-corrected chi connectivity index (χ0v) is 19.8. The first-order valence-corrected chi connectivity index (χ1v) is 12.1. The molecule has 1 saturated heterocycles. The van der Waals surface area contributed by atoms with Crippen LogP contribution in [0.25, 0.3) is 0 Å². The molecule has 4 nitrogen and oxygen atoms in total. The minimum atomic E-state index is 0.140. The van der Waals surface area contributed by atoms with Gasteiger partial charge in [0.25, 0.3) is 0 Å². The van der Waals surface area contributed by atoms with Gasteiger partial charge >= 0.3 is 0 Å². The van der Waals surface area contributed by atoms with E-state index in [-0.39, 0.29) is 5.91 Å². The fraction of sp³-hybridized carbons (Fsp3) is 0.345. The van der Waals surface area contributed by atoms with Crippen LogP contribution < -0.4 is 10.2 Å². The summed E-state index contributed by atoms with van der Waals surface area (Å²) in [6.07, 6.45) is 2.77. The number of aryl methyl sites for hydroxylation is 2. The smallest absolute Gasteiger partial charge is 0.224 e. The van der Waals surface area contributed by atoms with E-state index < -0.39 is 0 Å². The second-order valence-corrected chi connectivity index (χ2v) is 9.18. The molecule has 1 amide bonds. The molecule has 3 aromatic rings. The molecule has 172 valence electrons. The van der Waals surface area contributed by atoms with Crippen LogP contribution >= 0.6 is 0 Å². The number of rotatable bonds is 8. The quantitative estimate of drug-likeness (QED) is 0.453. The van der Waals surface area contributed by atoms with E-state index in [0.717, 1.165) is 50.3 Å². The van der Waals surface area contributed by atoms with Crippen LogP contribution in [0.3, 0.4) is 0 Å². The predicted octanol–water partition coefficient (Wildman–Crippen LogP) is 6.18. The van der Waals surface area contributed by atoms with Crippen molar-refractivity contribution in [1.29, 1.82) is 0 Å². The van der Waals surface area contributed by atoms with Crippen molar-refractivity contribution in [3.8, 4) is 0 Å². The Bertz CT molecular complexity index is 988. The zero-order chi connectivity index (χ0) is 23.0. The molecule has 0 spiro atoms. The molecule has 1 aliphatic heterocycles. The van der Waals surface area contributed by atoms with Crippen LogP contribution in [0.4, 0.5) is 17.1 Å². The van der Waals surface area contributed by atoms with Gasteiger partial charge in [-0.3, -0.25) is 4.79 Å². The lowest BCUT2D eigenvalue weighted by molar-refractivity contribution is -0.117. The zero-order valence-electron chi connectivity index (χ0n) is 19.8. The fourth-order valence-electron chi connectivity index (χ4n) is 4.61. The third-order valence-corrected chi connectivity index (χ3v) is 6.62. The van der Waals surface area contributed by atoms with E-state index in [9.17, 15) is 4.79 Å². The number of nitrogens with one attached hydrogen (secondary N) is 1. The molecule has 0 atom stereocenters. The maximum Gasteiger partial charge on any atom is 0.224 e. The van der Waals surface area contributed by atoms with Crippen molar-refractivity contribution in [3.05, 3.63) is 90.0 Å². The normalized spacial score (nSPS) is 14.7. The molecule has 1 heterocycles. The van der Waals surface area contributed by atoms with Gasteiger partial charge in [-0.05, 0) is 87.2 Å². The number of likely N-dealkylation sites (tertiary alicyclic amines) is 1. The molecule has 3 aromatic carbocycles. The maximum absolute atomic E-state index is 12.6. The van der Waals surface area contributed by atoms with Gasteiger partial charge in [-0.25, -0.2) is 0 Å². The molecule has 1 aliphatic rings. The molecule has 1 N–H and O–H groups in total. The summed E-state index contributed by atoms with van der Waals surface area (Å²) in [7, 11) is 0.